The number of hydrogen-bond donors (Lipinski definition) is 4. The van der Waals surface area contributed by atoms with Crippen LogP contribution in [0.3, 0.4) is 0 Å². The number of carbonyl (C=O) groups excluding carboxylic acids is 6. The number of ether oxygens (including phenoxy) is 2. The number of phenols is 2. The number of rotatable bonds is 9. The smallest absolute Gasteiger partial charge is 0.504 e. The van der Waals surface area contributed by atoms with Gasteiger partial charge in [-0.05, 0) is 24.1 Å². The van der Waals surface area contributed by atoms with Gasteiger partial charge in [-0.2, -0.15) is 0 Å². The lowest BCUT2D eigenvalue weighted by Crippen LogP contribution is -2.33. The third-order valence-corrected chi connectivity index (χ3v) is 5.13. The van der Waals surface area contributed by atoms with Crippen molar-refractivity contribution >= 4 is 41.9 Å². The van der Waals surface area contributed by atoms with Gasteiger partial charge in [0.2, 0.25) is 0 Å². The maximum atomic E-state index is 11.4. The average Bonchev–Trinajstić information content (AvgIpc) is 3.39. The molecule has 0 spiro atoms. The number of amides is 4. The molecule has 0 saturated carbocycles. The Balaban J connectivity index is 0.000000337. The van der Waals surface area contributed by atoms with Crippen molar-refractivity contribution in [3.05, 3.63) is 23.8 Å². The second-order valence-corrected chi connectivity index (χ2v) is 8.55. The first-order chi connectivity index (χ1) is 18.8. The molecule has 218 valence electrons. The Bertz CT molecular complexity index is 1080. The van der Waals surface area contributed by atoms with Crippen molar-refractivity contribution in [2.45, 2.75) is 45.1 Å². The molecule has 2 aliphatic rings. The molecular weight excluding hydrogens is 542 g/mol. The molecule has 17 nitrogen and oxygen atoms in total. The number of carbonyl (C=O) groups is 7. The number of benzene rings is 1. The van der Waals surface area contributed by atoms with Crippen molar-refractivity contribution in [3.63, 3.8) is 0 Å². The molecule has 1 unspecified atom stereocenters. The van der Waals surface area contributed by atoms with E-state index < -0.39 is 53.9 Å². The van der Waals surface area contributed by atoms with Gasteiger partial charge >= 0.3 is 18.3 Å². The summed E-state index contributed by atoms with van der Waals surface area (Å²) in [6.07, 6.45) is -2.56. The summed E-state index contributed by atoms with van der Waals surface area (Å²) in [7, 11) is 0. The highest BCUT2D eigenvalue weighted by atomic mass is 16.8. The van der Waals surface area contributed by atoms with Gasteiger partial charge in [0.05, 0.1) is 0 Å². The molecule has 2 saturated heterocycles. The normalized spacial score (nSPS) is 15.5. The Labute approximate surface area is 225 Å². The summed E-state index contributed by atoms with van der Waals surface area (Å²) in [5.74, 6) is -4.68. The van der Waals surface area contributed by atoms with Crippen LogP contribution in [0.15, 0.2) is 18.2 Å². The number of nitrogens with two attached hydrogens (primary N) is 1. The molecule has 4 amide bonds. The number of aliphatic carboxylic acids is 1. The fourth-order valence-corrected chi connectivity index (χ4v) is 3.02. The topological polar surface area (TPSA) is 250 Å². The Morgan fingerprint density at radius 1 is 0.825 bits per heavy atom. The SMILES string of the molecule is CC(COC(=O)ON1C(=O)CCC1=O)COC(=O)ON1C(=O)CCC1=O.NC(Cc1ccc(O)c(O)c1)C(=O)O. The van der Waals surface area contributed by atoms with Crippen molar-refractivity contribution in [3.8, 4) is 11.5 Å². The van der Waals surface area contributed by atoms with E-state index in [1.165, 1.54) is 18.2 Å². The van der Waals surface area contributed by atoms with E-state index in [0.29, 0.717) is 15.7 Å². The van der Waals surface area contributed by atoms with Crippen molar-refractivity contribution in [2.75, 3.05) is 13.2 Å². The highest BCUT2D eigenvalue weighted by molar-refractivity contribution is 6.02. The van der Waals surface area contributed by atoms with E-state index in [-0.39, 0.29) is 56.8 Å². The molecule has 17 heteroatoms. The van der Waals surface area contributed by atoms with Crippen LogP contribution < -0.4 is 5.73 Å². The Morgan fingerprint density at radius 2 is 1.25 bits per heavy atom. The molecule has 0 aromatic heterocycles. The van der Waals surface area contributed by atoms with Gasteiger partial charge in [-0.25, -0.2) is 9.59 Å². The first-order valence-electron chi connectivity index (χ1n) is 11.7. The molecule has 2 aliphatic heterocycles. The third kappa shape index (κ3) is 9.43. The summed E-state index contributed by atoms with van der Waals surface area (Å²) < 4.78 is 9.41. The summed E-state index contributed by atoms with van der Waals surface area (Å²) in [5.41, 5.74) is 5.86. The minimum absolute atomic E-state index is 0.0412. The summed E-state index contributed by atoms with van der Waals surface area (Å²) in [4.78, 5) is 87.3. The molecule has 1 aromatic carbocycles. The molecule has 40 heavy (non-hydrogen) atoms. The molecule has 1 aromatic rings. The number of imide groups is 2. The zero-order valence-electron chi connectivity index (χ0n) is 21.1. The van der Waals surface area contributed by atoms with E-state index in [9.17, 15) is 33.6 Å². The van der Waals surface area contributed by atoms with Crippen molar-refractivity contribution in [1.82, 2.24) is 10.1 Å². The third-order valence-electron chi connectivity index (χ3n) is 5.13. The highest BCUT2D eigenvalue weighted by Gasteiger charge is 2.34. The van der Waals surface area contributed by atoms with Crippen molar-refractivity contribution in [2.24, 2.45) is 11.7 Å². The van der Waals surface area contributed by atoms with Crippen LogP contribution in [-0.4, -0.2) is 86.6 Å². The Hall–Kier alpha value is -4.93. The number of nitrogens with zero attached hydrogens (tertiary/aromatic N) is 2. The monoisotopic (exact) mass is 569 g/mol. The zero-order chi connectivity index (χ0) is 30.0. The lowest BCUT2D eigenvalue weighted by Gasteiger charge is -2.16. The summed E-state index contributed by atoms with van der Waals surface area (Å²) in [5, 5.41) is 27.3. The molecular formula is C23H27N3O14. The maximum Gasteiger partial charge on any atom is 0.533 e. The van der Waals surface area contributed by atoms with Crippen LogP contribution in [0.4, 0.5) is 9.59 Å². The number of carboxylic acids is 1. The van der Waals surface area contributed by atoms with Gasteiger partial charge in [0.15, 0.2) is 11.5 Å². The maximum absolute atomic E-state index is 11.4. The summed E-state index contributed by atoms with van der Waals surface area (Å²) in [6.45, 7) is 1.06. The van der Waals surface area contributed by atoms with Crippen LogP contribution in [0.1, 0.15) is 38.2 Å². The van der Waals surface area contributed by atoms with Gasteiger partial charge in [-0.15, -0.1) is 0 Å². The summed E-state index contributed by atoms with van der Waals surface area (Å²) in [6, 6.07) is 3.09. The molecule has 1 atom stereocenters. The molecule has 0 bridgehead atoms. The number of hydrogen-bond acceptors (Lipinski definition) is 14. The minimum Gasteiger partial charge on any atom is -0.504 e. The fraction of sp³-hybridized carbons (Fsp3) is 0.435. The molecule has 0 aliphatic carbocycles. The lowest BCUT2D eigenvalue weighted by atomic mass is 10.1. The van der Waals surface area contributed by atoms with E-state index in [1.54, 1.807) is 6.92 Å². The zero-order valence-corrected chi connectivity index (χ0v) is 21.1. The van der Waals surface area contributed by atoms with E-state index in [2.05, 4.69) is 9.68 Å². The van der Waals surface area contributed by atoms with Gasteiger partial charge in [0.25, 0.3) is 23.6 Å². The van der Waals surface area contributed by atoms with Crippen LogP contribution in [0, 0.1) is 5.92 Å². The molecule has 0 radical (unpaired) electrons. The standard InChI is InChI=1S/C14H16N2O10.C9H11NO4/c1-8(6-23-13(21)25-15-9(17)2-3-10(15)18)7-24-14(22)26-16-11(19)4-5-12(16)20;10-6(9(13)14)3-5-1-2-7(11)8(12)4-5/h8H,2-7H2,1H3;1-2,4,6,11-12H,3,10H2,(H,13,14). The highest BCUT2D eigenvalue weighted by Crippen LogP contribution is 2.25. The number of phenolic OH excluding ortho intramolecular Hbond substituents is 2. The van der Waals surface area contributed by atoms with Gasteiger partial charge in [-0.1, -0.05) is 23.1 Å². The molecule has 3 rings (SSSR count). The predicted molar refractivity (Wildman–Crippen MR) is 125 cm³/mol. The Morgan fingerprint density at radius 3 is 1.62 bits per heavy atom. The molecule has 5 N–H and O–H groups in total. The van der Waals surface area contributed by atoms with E-state index in [0.717, 1.165) is 0 Å². The van der Waals surface area contributed by atoms with Crippen LogP contribution in [0.2, 0.25) is 0 Å². The quantitative estimate of drug-likeness (QED) is 0.175. The fourth-order valence-electron chi connectivity index (χ4n) is 3.02. The lowest BCUT2D eigenvalue weighted by molar-refractivity contribution is -0.178. The van der Waals surface area contributed by atoms with Gasteiger partial charge in [0, 0.05) is 31.6 Å². The minimum atomic E-state index is -1.25. The van der Waals surface area contributed by atoms with Gasteiger partial charge < -0.3 is 30.5 Å². The van der Waals surface area contributed by atoms with Gasteiger partial charge in [0.1, 0.15) is 19.3 Å². The predicted octanol–water partition coefficient (Wildman–Crippen LogP) is 0.109. The van der Waals surface area contributed by atoms with Crippen molar-refractivity contribution < 1.29 is 68.0 Å². The molecule has 2 heterocycles. The van der Waals surface area contributed by atoms with Gasteiger partial charge in [-0.3, -0.25) is 33.6 Å². The Kier molecular flexibility index (Phi) is 11.2. The van der Waals surface area contributed by atoms with Crippen LogP contribution in [0.5, 0.6) is 11.5 Å². The second-order valence-electron chi connectivity index (χ2n) is 8.55. The van der Waals surface area contributed by atoms with Crippen LogP contribution in [0.25, 0.3) is 0 Å². The van der Waals surface area contributed by atoms with E-state index in [1.807, 2.05) is 0 Å². The van der Waals surface area contributed by atoms with Crippen LogP contribution in [-0.2, 0) is 49.5 Å². The van der Waals surface area contributed by atoms with Crippen LogP contribution >= 0.6 is 0 Å². The molecule has 2 fully saturated rings. The second kappa shape index (κ2) is 14.3. The summed E-state index contributed by atoms with van der Waals surface area (Å²) >= 11 is 0. The van der Waals surface area contributed by atoms with Crippen molar-refractivity contribution in [1.29, 1.82) is 0 Å². The van der Waals surface area contributed by atoms with E-state index >= 15 is 0 Å². The van der Waals surface area contributed by atoms with E-state index in [4.69, 9.17) is 30.5 Å². The first-order valence-corrected chi connectivity index (χ1v) is 11.7. The number of hydroxylamine groups is 4. The number of aromatic hydroxyl groups is 2. The largest absolute Gasteiger partial charge is 0.533 e. The average molecular weight is 569 g/mol. The number of carboxylic acid groups (broad SMARTS) is 1. The first kappa shape index (κ1) is 31.3.